The Morgan fingerprint density at radius 2 is 2.39 bits per heavy atom. The molecule has 1 aliphatic rings. The second kappa shape index (κ2) is 5.80. The zero-order valence-electron chi connectivity index (χ0n) is 10.1. The Morgan fingerprint density at radius 1 is 1.61 bits per heavy atom. The predicted molar refractivity (Wildman–Crippen MR) is 70.0 cm³/mol. The van der Waals surface area contributed by atoms with Crippen LogP contribution in [-0.2, 0) is 4.74 Å². The van der Waals surface area contributed by atoms with Crippen LogP contribution in [-0.4, -0.2) is 25.2 Å². The number of hydrogen-bond donors (Lipinski definition) is 1. The third-order valence-electron chi connectivity index (χ3n) is 3.23. The molecule has 0 radical (unpaired) electrons. The maximum atomic E-state index is 13.6. The summed E-state index contributed by atoms with van der Waals surface area (Å²) in [5, 5.41) is 2.76. The third-order valence-corrected chi connectivity index (χ3v) is 3.73. The largest absolute Gasteiger partial charge is 0.378 e. The number of nitrogens with one attached hydrogen (secondary N) is 1. The first kappa shape index (κ1) is 13.5. The van der Waals surface area contributed by atoms with Crippen molar-refractivity contribution in [2.24, 2.45) is 5.92 Å². The first-order chi connectivity index (χ1) is 8.58. The van der Waals surface area contributed by atoms with E-state index in [1.807, 2.05) is 6.92 Å². The Labute approximate surface area is 114 Å². The van der Waals surface area contributed by atoms with Crippen LogP contribution in [0.4, 0.5) is 4.39 Å². The number of carbonyl (C=O) groups excluding carboxylic acids is 1. The Morgan fingerprint density at radius 3 is 3.00 bits per heavy atom. The molecule has 1 saturated heterocycles. The zero-order chi connectivity index (χ0) is 13.1. The highest BCUT2D eigenvalue weighted by molar-refractivity contribution is 9.10. The molecule has 18 heavy (non-hydrogen) atoms. The first-order valence-electron chi connectivity index (χ1n) is 5.93. The molecular weight excluding hydrogens is 301 g/mol. The molecule has 1 heterocycles. The van der Waals surface area contributed by atoms with E-state index in [4.69, 9.17) is 4.74 Å². The third kappa shape index (κ3) is 3.09. The van der Waals surface area contributed by atoms with Crippen LogP contribution in [0, 0.1) is 11.7 Å². The fourth-order valence-electron chi connectivity index (χ4n) is 2.04. The molecule has 2 rings (SSSR count). The second-order valence-electron chi connectivity index (χ2n) is 4.46. The van der Waals surface area contributed by atoms with Gasteiger partial charge in [0.1, 0.15) is 5.82 Å². The molecule has 1 aromatic rings. The van der Waals surface area contributed by atoms with E-state index < -0.39 is 5.82 Å². The van der Waals surface area contributed by atoms with Crippen LogP contribution in [0.15, 0.2) is 22.7 Å². The molecule has 5 heteroatoms. The zero-order valence-corrected chi connectivity index (χ0v) is 11.7. The number of rotatable bonds is 3. The lowest BCUT2D eigenvalue weighted by Crippen LogP contribution is -2.32. The monoisotopic (exact) mass is 315 g/mol. The fraction of sp³-hybridized carbons (Fsp3) is 0.462. The molecule has 98 valence electrons. The Hall–Kier alpha value is -0.940. The summed E-state index contributed by atoms with van der Waals surface area (Å²) in [4.78, 5) is 11.8. The van der Waals surface area contributed by atoms with Crippen molar-refractivity contribution >= 4 is 21.8 Å². The van der Waals surface area contributed by atoms with Gasteiger partial charge in [-0.1, -0.05) is 15.9 Å². The first-order valence-corrected chi connectivity index (χ1v) is 6.72. The van der Waals surface area contributed by atoms with Crippen molar-refractivity contribution < 1.29 is 13.9 Å². The van der Waals surface area contributed by atoms with E-state index in [0.717, 1.165) is 13.0 Å². The number of halogens is 2. The van der Waals surface area contributed by atoms with E-state index in [9.17, 15) is 9.18 Å². The van der Waals surface area contributed by atoms with Crippen LogP contribution < -0.4 is 5.32 Å². The van der Waals surface area contributed by atoms with Crippen LogP contribution in [0.2, 0.25) is 0 Å². The average Bonchev–Trinajstić information content (AvgIpc) is 2.72. The molecule has 2 atom stereocenters. The van der Waals surface area contributed by atoms with Gasteiger partial charge >= 0.3 is 0 Å². The van der Waals surface area contributed by atoms with E-state index in [2.05, 4.69) is 21.2 Å². The molecule has 3 nitrogen and oxygen atoms in total. The molecule has 1 fully saturated rings. The minimum Gasteiger partial charge on any atom is -0.378 e. The lowest BCUT2D eigenvalue weighted by Gasteiger charge is -2.14. The molecule has 0 saturated carbocycles. The summed E-state index contributed by atoms with van der Waals surface area (Å²) < 4.78 is 19.6. The van der Waals surface area contributed by atoms with E-state index in [1.165, 1.54) is 12.1 Å². The standard InChI is InChI=1S/C13H15BrFNO2/c1-8-9(4-5-18-8)7-16-13(17)11-3-2-10(14)6-12(11)15/h2-3,6,8-9H,4-5,7H2,1H3,(H,16,17). The van der Waals surface area contributed by atoms with Gasteiger partial charge in [0, 0.05) is 23.5 Å². The molecule has 1 aliphatic heterocycles. The van der Waals surface area contributed by atoms with Gasteiger partial charge < -0.3 is 10.1 Å². The van der Waals surface area contributed by atoms with Crippen molar-refractivity contribution in [2.45, 2.75) is 19.4 Å². The van der Waals surface area contributed by atoms with Crippen LogP contribution in [0.25, 0.3) is 0 Å². The summed E-state index contributed by atoms with van der Waals surface area (Å²) in [7, 11) is 0. The van der Waals surface area contributed by atoms with E-state index >= 15 is 0 Å². The highest BCUT2D eigenvalue weighted by Gasteiger charge is 2.24. The summed E-state index contributed by atoms with van der Waals surface area (Å²) in [5.41, 5.74) is 0.0739. The van der Waals surface area contributed by atoms with Gasteiger partial charge in [-0.15, -0.1) is 0 Å². The van der Waals surface area contributed by atoms with Crippen LogP contribution >= 0.6 is 15.9 Å². The highest BCUT2D eigenvalue weighted by Crippen LogP contribution is 2.20. The summed E-state index contributed by atoms with van der Waals surface area (Å²) in [6, 6.07) is 4.42. The minimum atomic E-state index is -0.516. The summed E-state index contributed by atoms with van der Waals surface area (Å²) >= 11 is 3.16. The number of benzene rings is 1. The molecule has 0 aromatic heterocycles. The average molecular weight is 316 g/mol. The van der Waals surface area contributed by atoms with Gasteiger partial charge in [-0.3, -0.25) is 4.79 Å². The number of amides is 1. The SMILES string of the molecule is CC1OCCC1CNC(=O)c1ccc(Br)cc1F. The number of carbonyl (C=O) groups is 1. The number of hydrogen-bond acceptors (Lipinski definition) is 2. The summed E-state index contributed by atoms with van der Waals surface area (Å²) in [6.45, 7) is 3.24. The van der Waals surface area contributed by atoms with Crippen molar-refractivity contribution in [3.8, 4) is 0 Å². The van der Waals surface area contributed by atoms with Crippen molar-refractivity contribution in [3.63, 3.8) is 0 Å². The van der Waals surface area contributed by atoms with Gasteiger partial charge in [0.2, 0.25) is 0 Å². The van der Waals surface area contributed by atoms with Gasteiger partial charge in [-0.05, 0) is 31.5 Å². The van der Waals surface area contributed by atoms with Crippen molar-refractivity contribution in [1.82, 2.24) is 5.32 Å². The van der Waals surface area contributed by atoms with Crippen LogP contribution in [0.5, 0.6) is 0 Å². The lowest BCUT2D eigenvalue weighted by molar-refractivity contribution is 0.0904. The summed E-state index contributed by atoms with van der Waals surface area (Å²) in [6.07, 6.45) is 1.09. The Balaban J connectivity index is 1.95. The smallest absolute Gasteiger partial charge is 0.254 e. The molecule has 1 amide bonds. The quantitative estimate of drug-likeness (QED) is 0.931. The molecule has 1 N–H and O–H groups in total. The van der Waals surface area contributed by atoms with Crippen LogP contribution in [0.1, 0.15) is 23.7 Å². The lowest BCUT2D eigenvalue weighted by atomic mass is 10.0. The molecule has 0 spiro atoms. The topological polar surface area (TPSA) is 38.3 Å². The summed E-state index contributed by atoms with van der Waals surface area (Å²) in [5.74, 6) is -0.579. The maximum Gasteiger partial charge on any atom is 0.254 e. The van der Waals surface area contributed by atoms with Gasteiger partial charge in [0.15, 0.2) is 0 Å². The molecule has 0 aliphatic carbocycles. The maximum absolute atomic E-state index is 13.6. The van der Waals surface area contributed by atoms with Gasteiger partial charge in [-0.2, -0.15) is 0 Å². The Kier molecular flexibility index (Phi) is 4.35. The van der Waals surface area contributed by atoms with E-state index in [-0.39, 0.29) is 17.6 Å². The van der Waals surface area contributed by atoms with Crippen molar-refractivity contribution in [2.75, 3.05) is 13.2 Å². The van der Waals surface area contributed by atoms with Crippen molar-refractivity contribution in [3.05, 3.63) is 34.1 Å². The van der Waals surface area contributed by atoms with Gasteiger partial charge in [-0.25, -0.2) is 4.39 Å². The van der Waals surface area contributed by atoms with E-state index in [1.54, 1.807) is 6.07 Å². The predicted octanol–water partition coefficient (Wildman–Crippen LogP) is 2.74. The van der Waals surface area contributed by atoms with E-state index in [0.29, 0.717) is 16.9 Å². The number of ether oxygens (including phenoxy) is 1. The second-order valence-corrected chi connectivity index (χ2v) is 5.37. The molecule has 1 aromatic carbocycles. The minimum absolute atomic E-state index is 0.0739. The van der Waals surface area contributed by atoms with Crippen LogP contribution in [0.3, 0.4) is 0 Å². The Bertz CT molecular complexity index is 453. The van der Waals surface area contributed by atoms with Crippen molar-refractivity contribution in [1.29, 1.82) is 0 Å². The highest BCUT2D eigenvalue weighted by atomic mass is 79.9. The fourth-order valence-corrected chi connectivity index (χ4v) is 2.37. The molecule has 2 unspecified atom stereocenters. The van der Waals surface area contributed by atoms with Gasteiger partial charge in [0.25, 0.3) is 5.91 Å². The normalized spacial score (nSPS) is 23.1. The molecule has 0 bridgehead atoms. The molecular formula is C13H15BrFNO2. The van der Waals surface area contributed by atoms with Gasteiger partial charge in [0.05, 0.1) is 11.7 Å².